The molecule has 0 aromatic heterocycles. The molecular formula is C9H12O3. The number of carboxylic acids is 1. The summed E-state index contributed by atoms with van der Waals surface area (Å²) in [6.45, 7) is 2.97. The number of allylic oxidation sites excluding steroid dienone is 4. The van der Waals surface area contributed by atoms with E-state index in [0.29, 0.717) is 0 Å². The third-order valence-corrected chi connectivity index (χ3v) is 1.22. The minimum absolute atomic E-state index is 0.0972. The second-order valence-electron chi connectivity index (χ2n) is 2.45. The van der Waals surface area contributed by atoms with Gasteiger partial charge in [-0.25, -0.2) is 0 Å². The predicted molar refractivity (Wildman–Crippen MR) is 45.8 cm³/mol. The Hall–Kier alpha value is -1.38. The maximum absolute atomic E-state index is 10.7. The molecule has 0 saturated carbocycles. The number of carbonyl (C=O) groups is 2. The number of aliphatic carboxylic acids is 1. The first-order chi connectivity index (χ1) is 5.54. The molecular weight excluding hydrogens is 156 g/mol. The van der Waals surface area contributed by atoms with Gasteiger partial charge < -0.3 is 5.11 Å². The fourth-order valence-corrected chi connectivity index (χ4v) is 0.628. The van der Waals surface area contributed by atoms with E-state index in [1.807, 2.05) is 19.1 Å². The van der Waals surface area contributed by atoms with Crippen molar-refractivity contribution in [1.82, 2.24) is 0 Å². The smallest absolute Gasteiger partial charge is 0.300 e. The normalized spacial score (nSPS) is 19.8. The summed E-state index contributed by atoms with van der Waals surface area (Å²) in [4.78, 5) is 19.7. The first-order valence-electron chi connectivity index (χ1n) is 3.62. The Balaban J connectivity index is 0.000000261. The van der Waals surface area contributed by atoms with Crippen LogP contribution in [0, 0.1) is 5.92 Å². The molecule has 0 fully saturated rings. The van der Waals surface area contributed by atoms with Gasteiger partial charge in [0.15, 0.2) is 5.78 Å². The number of ketones is 1. The zero-order valence-electron chi connectivity index (χ0n) is 7.15. The second kappa shape index (κ2) is 5.29. The van der Waals surface area contributed by atoms with Crippen molar-refractivity contribution in [2.45, 2.75) is 13.8 Å². The van der Waals surface area contributed by atoms with Gasteiger partial charge in [0.1, 0.15) is 0 Å². The summed E-state index contributed by atoms with van der Waals surface area (Å²) in [5, 5.41) is 7.42. The van der Waals surface area contributed by atoms with Crippen LogP contribution in [0.1, 0.15) is 13.8 Å². The van der Waals surface area contributed by atoms with Gasteiger partial charge in [-0.1, -0.05) is 25.2 Å². The van der Waals surface area contributed by atoms with E-state index in [1.165, 1.54) is 0 Å². The van der Waals surface area contributed by atoms with E-state index < -0.39 is 5.97 Å². The molecule has 1 aliphatic carbocycles. The number of carbonyl (C=O) groups excluding carboxylic acids is 1. The molecule has 0 bridgehead atoms. The highest BCUT2D eigenvalue weighted by Gasteiger charge is 2.06. The summed E-state index contributed by atoms with van der Waals surface area (Å²) in [7, 11) is 0. The van der Waals surface area contributed by atoms with E-state index in [4.69, 9.17) is 9.90 Å². The predicted octanol–water partition coefficient (Wildman–Crippen LogP) is 1.41. The molecule has 0 aromatic carbocycles. The van der Waals surface area contributed by atoms with Crippen LogP contribution in [-0.2, 0) is 9.59 Å². The van der Waals surface area contributed by atoms with Gasteiger partial charge in [0.25, 0.3) is 5.97 Å². The third kappa shape index (κ3) is 5.41. The number of hydrogen-bond donors (Lipinski definition) is 1. The van der Waals surface area contributed by atoms with E-state index in [1.54, 1.807) is 12.2 Å². The summed E-state index contributed by atoms with van der Waals surface area (Å²) < 4.78 is 0. The largest absolute Gasteiger partial charge is 0.481 e. The minimum Gasteiger partial charge on any atom is -0.481 e. The van der Waals surface area contributed by atoms with E-state index in [0.717, 1.165) is 6.92 Å². The van der Waals surface area contributed by atoms with Gasteiger partial charge in [-0.05, 0) is 6.08 Å². The van der Waals surface area contributed by atoms with Crippen LogP contribution in [0.5, 0.6) is 0 Å². The Morgan fingerprint density at radius 2 is 2.00 bits per heavy atom. The average molecular weight is 168 g/mol. The minimum atomic E-state index is -0.833. The average Bonchev–Trinajstić information content (AvgIpc) is 1.94. The van der Waals surface area contributed by atoms with Crippen molar-refractivity contribution >= 4 is 11.8 Å². The molecule has 66 valence electrons. The summed E-state index contributed by atoms with van der Waals surface area (Å²) in [6, 6.07) is 0. The van der Waals surface area contributed by atoms with Crippen molar-refractivity contribution in [3.8, 4) is 0 Å². The SMILES string of the molecule is CC(=O)O.CC1C=CC=CC1=O. The summed E-state index contributed by atoms with van der Waals surface area (Å²) in [6.07, 6.45) is 7.15. The summed E-state index contributed by atoms with van der Waals surface area (Å²) in [5.41, 5.74) is 0. The van der Waals surface area contributed by atoms with Crippen LogP contribution in [0.15, 0.2) is 24.3 Å². The van der Waals surface area contributed by atoms with Crippen LogP contribution in [0.25, 0.3) is 0 Å². The molecule has 3 nitrogen and oxygen atoms in total. The van der Waals surface area contributed by atoms with Gasteiger partial charge in [-0.15, -0.1) is 0 Å². The Morgan fingerprint density at radius 3 is 2.25 bits per heavy atom. The van der Waals surface area contributed by atoms with Crippen molar-refractivity contribution in [2.75, 3.05) is 0 Å². The topological polar surface area (TPSA) is 54.4 Å². The fourth-order valence-electron chi connectivity index (χ4n) is 0.628. The molecule has 1 unspecified atom stereocenters. The molecule has 0 amide bonds. The van der Waals surface area contributed by atoms with Crippen LogP contribution in [0.3, 0.4) is 0 Å². The lowest BCUT2D eigenvalue weighted by molar-refractivity contribution is -0.134. The van der Waals surface area contributed by atoms with Crippen molar-refractivity contribution in [2.24, 2.45) is 5.92 Å². The molecule has 1 aliphatic rings. The highest BCUT2D eigenvalue weighted by molar-refractivity contribution is 5.94. The van der Waals surface area contributed by atoms with Gasteiger partial charge in [0.05, 0.1) is 0 Å². The monoisotopic (exact) mass is 168 g/mol. The molecule has 0 aliphatic heterocycles. The van der Waals surface area contributed by atoms with Crippen molar-refractivity contribution in [3.63, 3.8) is 0 Å². The highest BCUT2D eigenvalue weighted by Crippen LogP contribution is 2.04. The molecule has 3 heteroatoms. The van der Waals surface area contributed by atoms with Crippen LogP contribution < -0.4 is 0 Å². The van der Waals surface area contributed by atoms with Crippen molar-refractivity contribution in [1.29, 1.82) is 0 Å². The first kappa shape index (κ1) is 10.6. The number of rotatable bonds is 0. The molecule has 1 N–H and O–H groups in total. The maximum atomic E-state index is 10.7. The lowest BCUT2D eigenvalue weighted by Crippen LogP contribution is -2.05. The Morgan fingerprint density at radius 1 is 1.50 bits per heavy atom. The summed E-state index contributed by atoms with van der Waals surface area (Å²) in [5.74, 6) is -0.535. The standard InChI is InChI=1S/C7H8O.C2H4O2/c1-6-4-2-3-5-7(6)8;1-2(3)4/h2-6H,1H3;1H3,(H,3,4). The maximum Gasteiger partial charge on any atom is 0.300 e. The van der Waals surface area contributed by atoms with Gasteiger partial charge in [-0.2, -0.15) is 0 Å². The molecule has 0 radical (unpaired) electrons. The Kier molecular flexibility index (Phi) is 4.69. The van der Waals surface area contributed by atoms with Crippen LogP contribution in [-0.4, -0.2) is 16.9 Å². The molecule has 12 heavy (non-hydrogen) atoms. The molecule has 0 aromatic rings. The van der Waals surface area contributed by atoms with Gasteiger partial charge in [0, 0.05) is 12.8 Å². The van der Waals surface area contributed by atoms with Crippen LogP contribution in [0.2, 0.25) is 0 Å². The molecule has 1 atom stereocenters. The Labute approximate surface area is 71.4 Å². The number of carboxylic acid groups (broad SMARTS) is 1. The summed E-state index contributed by atoms with van der Waals surface area (Å²) >= 11 is 0. The van der Waals surface area contributed by atoms with E-state index in [2.05, 4.69) is 0 Å². The molecule has 0 spiro atoms. The van der Waals surface area contributed by atoms with Crippen molar-refractivity contribution in [3.05, 3.63) is 24.3 Å². The highest BCUT2D eigenvalue weighted by atomic mass is 16.4. The van der Waals surface area contributed by atoms with E-state index in [9.17, 15) is 4.79 Å². The molecule has 0 saturated heterocycles. The van der Waals surface area contributed by atoms with Gasteiger partial charge in [-0.3, -0.25) is 9.59 Å². The first-order valence-corrected chi connectivity index (χ1v) is 3.62. The van der Waals surface area contributed by atoms with Crippen LogP contribution >= 0.6 is 0 Å². The van der Waals surface area contributed by atoms with E-state index >= 15 is 0 Å². The lowest BCUT2D eigenvalue weighted by Gasteiger charge is -2.01. The van der Waals surface area contributed by atoms with E-state index in [-0.39, 0.29) is 11.7 Å². The van der Waals surface area contributed by atoms with Crippen LogP contribution in [0.4, 0.5) is 0 Å². The fraction of sp³-hybridized carbons (Fsp3) is 0.333. The zero-order valence-corrected chi connectivity index (χ0v) is 7.15. The number of hydrogen-bond acceptors (Lipinski definition) is 2. The third-order valence-electron chi connectivity index (χ3n) is 1.22. The molecule has 0 heterocycles. The lowest BCUT2D eigenvalue weighted by atomic mass is 10.0. The van der Waals surface area contributed by atoms with Gasteiger partial charge in [0.2, 0.25) is 0 Å². The van der Waals surface area contributed by atoms with Crippen molar-refractivity contribution < 1.29 is 14.7 Å². The van der Waals surface area contributed by atoms with Gasteiger partial charge >= 0.3 is 0 Å². The quantitative estimate of drug-likeness (QED) is 0.595. The molecule has 1 rings (SSSR count). The Bertz CT molecular complexity index is 222. The second-order valence-corrected chi connectivity index (χ2v) is 2.45. The zero-order chi connectivity index (χ0) is 9.56.